The summed E-state index contributed by atoms with van der Waals surface area (Å²) in [5.74, 6) is 0.471. The third-order valence-corrected chi connectivity index (χ3v) is 4.09. The van der Waals surface area contributed by atoms with Crippen LogP contribution in [0.3, 0.4) is 0 Å². The minimum atomic E-state index is -0.237. The monoisotopic (exact) mass is 200 g/mol. The normalized spacial score (nSPS) is 37.5. The van der Waals surface area contributed by atoms with Crippen molar-refractivity contribution in [1.29, 1.82) is 0 Å². The molecule has 1 rings (SSSR count). The molecule has 0 radical (unpaired) electrons. The van der Waals surface area contributed by atoms with Crippen molar-refractivity contribution in [2.75, 3.05) is 7.11 Å². The Morgan fingerprint density at radius 3 is 2.21 bits per heavy atom. The van der Waals surface area contributed by atoms with Crippen LogP contribution in [0.5, 0.6) is 0 Å². The van der Waals surface area contributed by atoms with E-state index in [9.17, 15) is 5.11 Å². The smallest absolute Gasteiger partial charge is 0.0726 e. The van der Waals surface area contributed by atoms with Crippen LogP contribution in [0, 0.1) is 11.3 Å². The average Bonchev–Trinajstić information content (AvgIpc) is 2.10. The van der Waals surface area contributed by atoms with Gasteiger partial charge in [0.15, 0.2) is 0 Å². The molecule has 2 unspecified atom stereocenters. The number of rotatable bonds is 2. The maximum absolute atomic E-state index is 10.1. The van der Waals surface area contributed by atoms with Gasteiger partial charge in [0.25, 0.3) is 0 Å². The van der Waals surface area contributed by atoms with Gasteiger partial charge in [0.1, 0.15) is 0 Å². The van der Waals surface area contributed by atoms with E-state index in [2.05, 4.69) is 27.7 Å². The molecule has 0 heterocycles. The molecule has 14 heavy (non-hydrogen) atoms. The van der Waals surface area contributed by atoms with Gasteiger partial charge in [0, 0.05) is 13.5 Å². The van der Waals surface area contributed by atoms with Gasteiger partial charge in [0.2, 0.25) is 0 Å². The molecule has 0 aromatic rings. The highest BCUT2D eigenvalue weighted by molar-refractivity contribution is 4.97. The molecule has 0 spiro atoms. The van der Waals surface area contributed by atoms with Crippen molar-refractivity contribution in [3.8, 4) is 0 Å². The molecule has 84 valence electrons. The van der Waals surface area contributed by atoms with Gasteiger partial charge < -0.3 is 9.84 Å². The van der Waals surface area contributed by atoms with Crippen LogP contribution in [0.15, 0.2) is 0 Å². The van der Waals surface area contributed by atoms with Crippen LogP contribution < -0.4 is 0 Å². The Hall–Kier alpha value is -0.0800. The molecule has 1 saturated carbocycles. The molecule has 2 heteroatoms. The Balaban J connectivity index is 2.78. The molecule has 0 aromatic carbocycles. The van der Waals surface area contributed by atoms with E-state index in [0.29, 0.717) is 5.92 Å². The topological polar surface area (TPSA) is 29.5 Å². The summed E-state index contributed by atoms with van der Waals surface area (Å²) < 4.78 is 5.64. The molecule has 1 N–H and O–H groups in total. The Kier molecular flexibility index (Phi) is 3.27. The van der Waals surface area contributed by atoms with Crippen LogP contribution in [0.4, 0.5) is 0 Å². The van der Waals surface area contributed by atoms with Crippen molar-refractivity contribution in [3.63, 3.8) is 0 Å². The number of aliphatic hydroxyl groups is 1. The Morgan fingerprint density at radius 2 is 1.86 bits per heavy atom. The summed E-state index contributed by atoms with van der Waals surface area (Å²) in [7, 11) is 1.77. The molecule has 0 aromatic heterocycles. The highest BCUT2D eigenvalue weighted by Crippen LogP contribution is 2.45. The zero-order valence-electron chi connectivity index (χ0n) is 10.1. The number of aliphatic hydroxyl groups excluding tert-OH is 1. The lowest BCUT2D eigenvalue weighted by atomic mass is 9.65. The van der Waals surface area contributed by atoms with Crippen molar-refractivity contribution in [3.05, 3.63) is 0 Å². The van der Waals surface area contributed by atoms with Crippen LogP contribution >= 0.6 is 0 Å². The van der Waals surface area contributed by atoms with Gasteiger partial charge >= 0.3 is 0 Å². The van der Waals surface area contributed by atoms with Gasteiger partial charge in [-0.25, -0.2) is 0 Å². The van der Waals surface area contributed by atoms with Crippen molar-refractivity contribution in [2.45, 2.75) is 58.7 Å². The predicted octanol–water partition coefficient (Wildman–Crippen LogP) is 2.60. The largest absolute Gasteiger partial charge is 0.392 e. The summed E-state index contributed by atoms with van der Waals surface area (Å²) in [6.07, 6.45) is 2.64. The number of ether oxygens (including phenoxy) is 1. The molecule has 1 fully saturated rings. The lowest BCUT2D eigenvalue weighted by Crippen LogP contribution is -2.50. The van der Waals surface area contributed by atoms with Crippen molar-refractivity contribution < 1.29 is 9.84 Å². The first kappa shape index (κ1) is 12.0. The van der Waals surface area contributed by atoms with Crippen LogP contribution in [0.1, 0.15) is 47.0 Å². The molecule has 0 bridgehead atoms. The van der Waals surface area contributed by atoms with Gasteiger partial charge in [-0.2, -0.15) is 0 Å². The number of hydrogen-bond donors (Lipinski definition) is 1. The highest BCUT2D eigenvalue weighted by atomic mass is 16.5. The van der Waals surface area contributed by atoms with E-state index in [1.807, 2.05) is 0 Å². The van der Waals surface area contributed by atoms with E-state index in [1.165, 1.54) is 0 Å². The number of hydrogen-bond acceptors (Lipinski definition) is 2. The minimum absolute atomic E-state index is 0.0525. The number of methoxy groups -OCH3 is 1. The molecule has 2 atom stereocenters. The van der Waals surface area contributed by atoms with Gasteiger partial charge in [0.05, 0.1) is 11.7 Å². The highest BCUT2D eigenvalue weighted by Gasteiger charge is 2.45. The van der Waals surface area contributed by atoms with E-state index >= 15 is 0 Å². The van der Waals surface area contributed by atoms with E-state index < -0.39 is 0 Å². The molecule has 2 nitrogen and oxygen atoms in total. The zero-order valence-corrected chi connectivity index (χ0v) is 10.1. The Bertz CT molecular complexity index is 198. The van der Waals surface area contributed by atoms with Crippen LogP contribution in [-0.4, -0.2) is 23.9 Å². The molecule has 1 aliphatic rings. The van der Waals surface area contributed by atoms with E-state index in [0.717, 1.165) is 19.3 Å². The third kappa shape index (κ3) is 1.96. The van der Waals surface area contributed by atoms with Crippen molar-refractivity contribution in [1.82, 2.24) is 0 Å². The summed E-state index contributed by atoms with van der Waals surface area (Å²) >= 11 is 0. The first-order valence-electron chi connectivity index (χ1n) is 5.57. The second kappa shape index (κ2) is 3.82. The van der Waals surface area contributed by atoms with Gasteiger partial charge in [-0.05, 0) is 24.2 Å². The molecule has 0 aliphatic heterocycles. The molecule has 0 amide bonds. The maximum Gasteiger partial charge on any atom is 0.0726 e. The predicted molar refractivity (Wildman–Crippen MR) is 58.2 cm³/mol. The zero-order chi connectivity index (χ0) is 11.0. The summed E-state index contributed by atoms with van der Waals surface area (Å²) in [4.78, 5) is 0. The summed E-state index contributed by atoms with van der Waals surface area (Å²) in [5, 5.41) is 10.1. The third-order valence-electron chi connectivity index (χ3n) is 4.09. The minimum Gasteiger partial charge on any atom is -0.392 e. The van der Waals surface area contributed by atoms with E-state index in [1.54, 1.807) is 7.11 Å². The fourth-order valence-electron chi connectivity index (χ4n) is 2.35. The standard InChI is InChI=1S/C12H24O2/c1-9(2)12(14-5)7-6-11(3,4)10(13)8-12/h9-10,13H,6-8H2,1-5H3. The van der Waals surface area contributed by atoms with Crippen LogP contribution in [0.2, 0.25) is 0 Å². The first-order chi connectivity index (χ1) is 6.34. The fourth-order valence-corrected chi connectivity index (χ4v) is 2.35. The van der Waals surface area contributed by atoms with E-state index in [-0.39, 0.29) is 17.1 Å². The molecule has 1 aliphatic carbocycles. The first-order valence-corrected chi connectivity index (χ1v) is 5.57. The Labute approximate surface area is 87.7 Å². The van der Waals surface area contributed by atoms with Crippen molar-refractivity contribution >= 4 is 0 Å². The Morgan fingerprint density at radius 1 is 1.29 bits per heavy atom. The van der Waals surface area contributed by atoms with E-state index in [4.69, 9.17) is 4.74 Å². The maximum atomic E-state index is 10.1. The summed E-state index contributed by atoms with van der Waals surface area (Å²) in [6, 6.07) is 0. The van der Waals surface area contributed by atoms with Gasteiger partial charge in [-0.1, -0.05) is 27.7 Å². The summed E-state index contributed by atoms with van der Waals surface area (Å²) in [5.41, 5.74) is -0.0497. The summed E-state index contributed by atoms with van der Waals surface area (Å²) in [6.45, 7) is 8.62. The second-order valence-corrected chi connectivity index (χ2v) is 5.63. The van der Waals surface area contributed by atoms with Crippen LogP contribution in [-0.2, 0) is 4.74 Å². The molecule has 0 saturated heterocycles. The second-order valence-electron chi connectivity index (χ2n) is 5.63. The quantitative estimate of drug-likeness (QED) is 0.742. The van der Waals surface area contributed by atoms with Gasteiger partial charge in [-0.3, -0.25) is 0 Å². The average molecular weight is 200 g/mol. The van der Waals surface area contributed by atoms with Gasteiger partial charge in [-0.15, -0.1) is 0 Å². The van der Waals surface area contributed by atoms with Crippen LogP contribution in [0.25, 0.3) is 0 Å². The molecular formula is C12H24O2. The van der Waals surface area contributed by atoms with Crippen molar-refractivity contribution in [2.24, 2.45) is 11.3 Å². The lowest BCUT2D eigenvalue weighted by molar-refractivity contribution is -0.139. The molecular weight excluding hydrogens is 176 g/mol. The fraction of sp³-hybridized carbons (Fsp3) is 1.00. The SMILES string of the molecule is COC1(C(C)C)CCC(C)(C)C(O)C1. The lowest BCUT2D eigenvalue weighted by Gasteiger charge is -2.48.